The van der Waals surface area contributed by atoms with Crippen molar-refractivity contribution >= 4 is 61.7 Å². The van der Waals surface area contributed by atoms with Crippen LogP contribution in [0.25, 0.3) is 10.2 Å². The van der Waals surface area contributed by atoms with Crippen LogP contribution in [0.5, 0.6) is 0 Å². The smallest absolute Gasteiger partial charge is 0.311 e. The number of aryl methyl sites for hydroxylation is 1. The molecule has 3 aromatic rings. The van der Waals surface area contributed by atoms with Crippen molar-refractivity contribution in [3.8, 4) is 0 Å². The van der Waals surface area contributed by atoms with Gasteiger partial charge in [-0.1, -0.05) is 32.5 Å². The molecule has 0 spiro atoms. The van der Waals surface area contributed by atoms with Crippen molar-refractivity contribution in [2.75, 3.05) is 17.7 Å². The van der Waals surface area contributed by atoms with Gasteiger partial charge in [0.15, 0.2) is 5.13 Å². The van der Waals surface area contributed by atoms with E-state index >= 15 is 0 Å². The fourth-order valence-electron chi connectivity index (χ4n) is 3.78. The molecule has 1 atom stereocenters. The van der Waals surface area contributed by atoms with Gasteiger partial charge in [-0.15, -0.1) is 22.7 Å². The van der Waals surface area contributed by atoms with E-state index in [4.69, 9.17) is 14.7 Å². The number of nitrogens with one attached hydrogen (secondary N) is 1. The van der Waals surface area contributed by atoms with Gasteiger partial charge < -0.3 is 10.1 Å². The Bertz CT molecular complexity index is 1170. The Kier molecular flexibility index (Phi) is 7.65. The third-order valence-corrected chi connectivity index (χ3v) is 8.35. The van der Waals surface area contributed by atoms with Gasteiger partial charge >= 0.3 is 5.97 Å². The van der Waals surface area contributed by atoms with Crippen LogP contribution >= 0.6 is 34.4 Å². The minimum absolute atomic E-state index is 0.105. The van der Waals surface area contributed by atoms with Crippen LogP contribution in [0.4, 0.5) is 5.13 Å². The quantitative estimate of drug-likeness (QED) is 0.255. The van der Waals surface area contributed by atoms with Crippen LogP contribution in [0.15, 0.2) is 10.4 Å². The maximum atomic E-state index is 12.6. The SMILES string of the molecule is CCOC(=O)Cc1csc(NC(=O)CSc2nc(C(C)C)nc3sc4c(c23)CC[C@H](C)C4)n1. The lowest BCUT2D eigenvalue weighted by Crippen LogP contribution is -2.14. The minimum Gasteiger partial charge on any atom is -0.466 e. The van der Waals surface area contributed by atoms with E-state index in [9.17, 15) is 9.59 Å². The molecule has 0 fully saturated rings. The third-order valence-electron chi connectivity index (χ3n) is 5.42. The van der Waals surface area contributed by atoms with Crippen LogP contribution in [0.2, 0.25) is 0 Å². The molecule has 0 bridgehead atoms. The first kappa shape index (κ1) is 24.1. The number of rotatable bonds is 8. The topological polar surface area (TPSA) is 94.1 Å². The number of thiophene rings is 1. The van der Waals surface area contributed by atoms with Crippen molar-refractivity contribution in [3.05, 3.63) is 27.3 Å². The Hall–Kier alpha value is -2.04. The summed E-state index contributed by atoms with van der Waals surface area (Å²) in [6, 6.07) is 0. The number of hydrogen-bond donors (Lipinski definition) is 1. The van der Waals surface area contributed by atoms with Gasteiger partial charge in [-0.25, -0.2) is 15.0 Å². The van der Waals surface area contributed by atoms with E-state index in [0.717, 1.165) is 33.9 Å². The van der Waals surface area contributed by atoms with Gasteiger partial charge in [0.25, 0.3) is 0 Å². The number of carbonyl (C=O) groups excluding carboxylic acids is 2. The van der Waals surface area contributed by atoms with E-state index in [1.165, 1.54) is 40.0 Å². The summed E-state index contributed by atoms with van der Waals surface area (Å²) < 4.78 is 4.95. The number of thiazole rings is 1. The summed E-state index contributed by atoms with van der Waals surface area (Å²) >= 11 is 4.55. The maximum Gasteiger partial charge on any atom is 0.311 e. The monoisotopic (exact) mass is 504 g/mol. The van der Waals surface area contributed by atoms with Crippen LogP contribution in [-0.2, 0) is 33.6 Å². The van der Waals surface area contributed by atoms with Gasteiger partial charge in [-0.2, -0.15) is 0 Å². The van der Waals surface area contributed by atoms with E-state index in [0.29, 0.717) is 23.4 Å². The highest BCUT2D eigenvalue weighted by molar-refractivity contribution is 8.00. The predicted molar refractivity (Wildman–Crippen MR) is 134 cm³/mol. The summed E-state index contributed by atoms with van der Waals surface area (Å²) in [5, 5.41) is 7.12. The summed E-state index contributed by atoms with van der Waals surface area (Å²) in [5.41, 5.74) is 1.97. The molecule has 0 unspecified atom stereocenters. The Labute approximate surface area is 205 Å². The molecule has 3 aromatic heterocycles. The molecular weight excluding hydrogens is 476 g/mol. The second-order valence-corrected chi connectivity index (χ2v) is 11.4. The molecule has 0 saturated carbocycles. The zero-order valence-corrected chi connectivity index (χ0v) is 21.7. The fraction of sp³-hybridized carbons (Fsp3) is 0.522. The molecule has 1 aliphatic carbocycles. The Balaban J connectivity index is 1.48. The first-order valence-corrected chi connectivity index (χ1v) is 13.9. The van der Waals surface area contributed by atoms with Crippen molar-refractivity contribution in [1.29, 1.82) is 0 Å². The number of carbonyl (C=O) groups is 2. The molecule has 176 valence electrons. The lowest BCUT2D eigenvalue weighted by Gasteiger charge is -2.18. The summed E-state index contributed by atoms with van der Waals surface area (Å²) in [5.74, 6) is 1.50. The second-order valence-electron chi connectivity index (χ2n) is 8.54. The predicted octanol–water partition coefficient (Wildman–Crippen LogP) is 5.23. The van der Waals surface area contributed by atoms with Crippen molar-refractivity contribution in [3.63, 3.8) is 0 Å². The van der Waals surface area contributed by atoms with E-state index in [2.05, 4.69) is 31.1 Å². The maximum absolute atomic E-state index is 12.6. The number of anilines is 1. The third kappa shape index (κ3) is 5.73. The van der Waals surface area contributed by atoms with Gasteiger partial charge in [0, 0.05) is 21.6 Å². The molecule has 0 aliphatic heterocycles. The minimum atomic E-state index is -0.321. The molecule has 0 saturated heterocycles. The molecule has 0 radical (unpaired) electrons. The molecule has 1 N–H and O–H groups in total. The lowest BCUT2D eigenvalue weighted by molar-refractivity contribution is -0.142. The van der Waals surface area contributed by atoms with Gasteiger partial charge in [-0.3, -0.25) is 9.59 Å². The van der Waals surface area contributed by atoms with Crippen LogP contribution in [0.3, 0.4) is 0 Å². The zero-order valence-electron chi connectivity index (χ0n) is 19.3. The number of aromatic nitrogens is 3. The van der Waals surface area contributed by atoms with E-state index < -0.39 is 0 Å². The Morgan fingerprint density at radius 3 is 2.88 bits per heavy atom. The van der Waals surface area contributed by atoms with Gasteiger partial charge in [-0.05, 0) is 37.7 Å². The molecule has 3 heterocycles. The van der Waals surface area contributed by atoms with Gasteiger partial charge in [0.1, 0.15) is 15.7 Å². The molecule has 0 aromatic carbocycles. The van der Waals surface area contributed by atoms with Crippen molar-refractivity contribution in [2.24, 2.45) is 5.92 Å². The molecular formula is C23H28N4O3S3. The standard InChI is InChI=1S/C23H28N4O3S3/c1-5-30-18(29)9-14-10-32-23(24-14)25-17(28)11-31-21-19-15-7-6-13(4)8-16(15)33-22(19)27-20(26-21)12(2)3/h10,12-13H,5-9,11H2,1-4H3,(H,24,25,28)/t13-/m0/s1. The van der Waals surface area contributed by atoms with Crippen LogP contribution in [-0.4, -0.2) is 39.2 Å². The van der Waals surface area contributed by atoms with E-state index in [1.807, 2.05) is 0 Å². The molecule has 10 heteroatoms. The van der Waals surface area contributed by atoms with Crippen LogP contribution < -0.4 is 5.32 Å². The number of amides is 1. The largest absolute Gasteiger partial charge is 0.466 e. The highest BCUT2D eigenvalue weighted by atomic mass is 32.2. The number of esters is 1. The molecule has 7 nitrogen and oxygen atoms in total. The Morgan fingerprint density at radius 1 is 1.30 bits per heavy atom. The number of thioether (sulfide) groups is 1. The molecule has 1 amide bonds. The van der Waals surface area contributed by atoms with Crippen molar-refractivity contribution in [1.82, 2.24) is 15.0 Å². The van der Waals surface area contributed by atoms with E-state index in [-0.39, 0.29) is 30.0 Å². The normalized spacial score (nSPS) is 15.6. The Morgan fingerprint density at radius 2 is 2.12 bits per heavy atom. The fourth-order valence-corrected chi connectivity index (χ4v) is 6.83. The highest BCUT2D eigenvalue weighted by Gasteiger charge is 2.25. The zero-order chi connectivity index (χ0) is 23.5. The van der Waals surface area contributed by atoms with Gasteiger partial charge in [0.05, 0.1) is 24.5 Å². The second kappa shape index (κ2) is 10.5. The number of nitrogens with zero attached hydrogens (tertiary/aromatic N) is 3. The van der Waals surface area contributed by atoms with Crippen molar-refractivity contribution in [2.45, 2.75) is 64.3 Å². The summed E-state index contributed by atoms with van der Waals surface area (Å²) in [6.07, 6.45) is 3.42. The summed E-state index contributed by atoms with van der Waals surface area (Å²) in [6.45, 7) is 8.59. The summed E-state index contributed by atoms with van der Waals surface area (Å²) in [4.78, 5) is 40.7. The van der Waals surface area contributed by atoms with Crippen molar-refractivity contribution < 1.29 is 14.3 Å². The number of hydrogen-bond acceptors (Lipinski definition) is 9. The van der Waals surface area contributed by atoms with Crippen LogP contribution in [0.1, 0.15) is 62.0 Å². The molecule has 33 heavy (non-hydrogen) atoms. The number of fused-ring (bicyclic) bond motifs is 3. The van der Waals surface area contributed by atoms with E-state index in [1.54, 1.807) is 23.6 Å². The highest BCUT2D eigenvalue weighted by Crippen LogP contribution is 2.41. The average molecular weight is 505 g/mol. The summed E-state index contributed by atoms with van der Waals surface area (Å²) in [7, 11) is 0. The number of ether oxygens (including phenoxy) is 1. The molecule has 4 rings (SSSR count). The average Bonchev–Trinajstić information content (AvgIpc) is 3.35. The first-order valence-electron chi connectivity index (χ1n) is 11.2. The van der Waals surface area contributed by atoms with Gasteiger partial charge in [0.2, 0.25) is 5.91 Å². The molecule has 1 aliphatic rings. The first-order chi connectivity index (χ1) is 15.8. The van der Waals surface area contributed by atoms with Crippen LogP contribution in [0, 0.1) is 5.92 Å². The lowest BCUT2D eigenvalue weighted by atomic mass is 9.89.